The van der Waals surface area contributed by atoms with Crippen LogP contribution in [0.1, 0.15) is 27.2 Å². The molecule has 1 heterocycles. The van der Waals surface area contributed by atoms with E-state index in [4.69, 9.17) is 0 Å². The van der Waals surface area contributed by atoms with Crippen molar-refractivity contribution in [2.75, 3.05) is 20.1 Å². The molecule has 0 saturated carbocycles. The van der Waals surface area contributed by atoms with Gasteiger partial charge in [-0.2, -0.15) is 0 Å². The molecule has 1 N–H and O–H groups in total. The topological polar surface area (TPSA) is 15.3 Å². The minimum Gasteiger partial charge on any atom is -0.312 e. The Morgan fingerprint density at radius 3 is 2.67 bits per heavy atom. The molecule has 1 fully saturated rings. The fourth-order valence-corrected chi connectivity index (χ4v) is 1.70. The predicted molar refractivity (Wildman–Crippen MR) is 53.3 cm³/mol. The molecule has 0 bridgehead atoms. The van der Waals surface area contributed by atoms with Gasteiger partial charge in [0.2, 0.25) is 0 Å². The maximum Gasteiger partial charge on any atom is 0.0217 e. The largest absolute Gasteiger partial charge is 0.312 e. The third-order valence-electron chi connectivity index (χ3n) is 3.01. The third-order valence-corrected chi connectivity index (χ3v) is 3.01. The molecule has 72 valence electrons. The summed E-state index contributed by atoms with van der Waals surface area (Å²) in [5.74, 6) is 0.748. The molecular weight excluding hydrogens is 148 g/mol. The van der Waals surface area contributed by atoms with Gasteiger partial charge >= 0.3 is 0 Å². The van der Waals surface area contributed by atoms with Crippen molar-refractivity contribution >= 4 is 0 Å². The molecule has 2 atom stereocenters. The molecule has 1 aliphatic rings. The molecule has 0 spiro atoms. The zero-order valence-corrected chi connectivity index (χ0v) is 8.80. The van der Waals surface area contributed by atoms with E-state index in [2.05, 4.69) is 38.0 Å². The van der Waals surface area contributed by atoms with E-state index in [1.165, 1.54) is 19.5 Å². The summed E-state index contributed by atoms with van der Waals surface area (Å²) in [7, 11) is 2.23. The number of likely N-dealkylation sites (N-methyl/N-ethyl adjacent to an activating group) is 1. The van der Waals surface area contributed by atoms with Crippen LogP contribution < -0.4 is 5.32 Å². The highest BCUT2D eigenvalue weighted by atomic mass is 15.2. The van der Waals surface area contributed by atoms with Crippen LogP contribution in [0, 0.1) is 5.92 Å². The molecule has 0 amide bonds. The van der Waals surface area contributed by atoms with Gasteiger partial charge in [-0.1, -0.05) is 13.8 Å². The summed E-state index contributed by atoms with van der Waals surface area (Å²) < 4.78 is 0. The van der Waals surface area contributed by atoms with Crippen LogP contribution in [0.25, 0.3) is 0 Å². The summed E-state index contributed by atoms with van der Waals surface area (Å²) in [6.07, 6.45) is 1.28. The minimum atomic E-state index is 0.681. The zero-order valence-electron chi connectivity index (χ0n) is 8.80. The smallest absolute Gasteiger partial charge is 0.0217 e. The lowest BCUT2D eigenvalue weighted by Crippen LogP contribution is -2.41. The predicted octanol–water partition coefficient (Wildman–Crippen LogP) is 1.32. The van der Waals surface area contributed by atoms with E-state index in [0.717, 1.165) is 12.0 Å². The molecule has 1 aliphatic heterocycles. The van der Waals surface area contributed by atoms with E-state index in [1.54, 1.807) is 0 Å². The second-order valence-electron chi connectivity index (χ2n) is 4.38. The zero-order chi connectivity index (χ0) is 9.14. The highest BCUT2D eigenvalue weighted by molar-refractivity contribution is 4.80. The lowest BCUT2D eigenvalue weighted by Gasteiger charge is -2.26. The van der Waals surface area contributed by atoms with Crippen LogP contribution in [0.2, 0.25) is 0 Å². The number of nitrogens with zero attached hydrogens (tertiary/aromatic N) is 1. The molecule has 2 nitrogen and oxygen atoms in total. The average Bonchev–Trinajstić information content (AvgIpc) is 2.15. The molecule has 0 aliphatic carbocycles. The molecule has 12 heavy (non-hydrogen) atoms. The van der Waals surface area contributed by atoms with E-state index >= 15 is 0 Å². The monoisotopic (exact) mass is 170 g/mol. The first-order chi connectivity index (χ1) is 5.61. The normalized spacial score (nSPS) is 33.8. The Labute approximate surface area is 76.3 Å². The Morgan fingerprint density at radius 2 is 2.08 bits per heavy atom. The summed E-state index contributed by atoms with van der Waals surface area (Å²) >= 11 is 0. The summed E-state index contributed by atoms with van der Waals surface area (Å²) in [6.45, 7) is 9.26. The highest BCUT2D eigenvalue weighted by Gasteiger charge is 2.21. The summed E-state index contributed by atoms with van der Waals surface area (Å²) in [6, 6.07) is 1.42. The van der Waals surface area contributed by atoms with Crippen molar-refractivity contribution in [2.45, 2.75) is 39.3 Å². The minimum absolute atomic E-state index is 0.681. The molecule has 1 saturated heterocycles. The van der Waals surface area contributed by atoms with Crippen molar-refractivity contribution in [1.29, 1.82) is 0 Å². The van der Waals surface area contributed by atoms with Crippen molar-refractivity contribution < 1.29 is 0 Å². The summed E-state index contributed by atoms with van der Waals surface area (Å²) in [5.41, 5.74) is 0. The standard InChI is InChI=1S/C10H22N2/c1-8(2)10-7-12(4)9(3)5-6-11-10/h8-11H,5-7H2,1-4H3. The fraction of sp³-hybridized carbons (Fsp3) is 1.00. The average molecular weight is 170 g/mol. The number of rotatable bonds is 1. The van der Waals surface area contributed by atoms with Crippen molar-refractivity contribution in [3.63, 3.8) is 0 Å². The van der Waals surface area contributed by atoms with Crippen molar-refractivity contribution in [2.24, 2.45) is 5.92 Å². The van der Waals surface area contributed by atoms with Crippen molar-refractivity contribution in [3.8, 4) is 0 Å². The van der Waals surface area contributed by atoms with E-state index in [-0.39, 0.29) is 0 Å². The van der Waals surface area contributed by atoms with Crippen molar-refractivity contribution in [1.82, 2.24) is 10.2 Å². The molecule has 1 rings (SSSR count). The second-order valence-corrected chi connectivity index (χ2v) is 4.38. The van der Waals surface area contributed by atoms with Crippen LogP contribution in [0.5, 0.6) is 0 Å². The van der Waals surface area contributed by atoms with E-state index < -0.39 is 0 Å². The third kappa shape index (κ3) is 2.46. The lowest BCUT2D eigenvalue weighted by atomic mass is 10.0. The van der Waals surface area contributed by atoms with Crippen LogP contribution >= 0.6 is 0 Å². The first kappa shape index (κ1) is 10.0. The Morgan fingerprint density at radius 1 is 1.42 bits per heavy atom. The SMILES string of the molecule is CC(C)C1CN(C)C(C)CCN1. The quantitative estimate of drug-likeness (QED) is 0.638. The van der Waals surface area contributed by atoms with Gasteiger partial charge in [0.1, 0.15) is 0 Å². The molecule has 0 aromatic rings. The number of hydrogen-bond acceptors (Lipinski definition) is 2. The van der Waals surface area contributed by atoms with E-state index in [9.17, 15) is 0 Å². The van der Waals surface area contributed by atoms with Gasteiger partial charge in [-0.15, -0.1) is 0 Å². The van der Waals surface area contributed by atoms with Gasteiger partial charge in [-0.3, -0.25) is 0 Å². The fourth-order valence-electron chi connectivity index (χ4n) is 1.70. The molecule has 0 aromatic heterocycles. The number of hydrogen-bond donors (Lipinski definition) is 1. The number of nitrogens with one attached hydrogen (secondary N) is 1. The molecule has 2 heteroatoms. The van der Waals surface area contributed by atoms with Gasteiger partial charge in [0, 0.05) is 18.6 Å². The van der Waals surface area contributed by atoms with Crippen molar-refractivity contribution in [3.05, 3.63) is 0 Å². The first-order valence-corrected chi connectivity index (χ1v) is 5.05. The molecular formula is C10H22N2. The summed E-state index contributed by atoms with van der Waals surface area (Å²) in [5, 5.41) is 3.60. The molecule has 2 unspecified atom stereocenters. The van der Waals surface area contributed by atoms with Crippen LogP contribution in [-0.4, -0.2) is 37.1 Å². The Bertz CT molecular complexity index is 134. The molecule has 0 radical (unpaired) electrons. The Hall–Kier alpha value is -0.0800. The summed E-state index contributed by atoms with van der Waals surface area (Å²) in [4.78, 5) is 2.46. The maximum absolute atomic E-state index is 3.60. The van der Waals surface area contributed by atoms with Gasteiger partial charge in [-0.05, 0) is 32.9 Å². The van der Waals surface area contributed by atoms with Gasteiger partial charge in [0.15, 0.2) is 0 Å². The van der Waals surface area contributed by atoms with E-state index in [0.29, 0.717) is 6.04 Å². The molecule has 0 aromatic carbocycles. The second kappa shape index (κ2) is 4.24. The van der Waals surface area contributed by atoms with Gasteiger partial charge in [0.05, 0.1) is 0 Å². The Balaban J connectivity index is 2.48. The van der Waals surface area contributed by atoms with Crippen LogP contribution in [0.15, 0.2) is 0 Å². The highest BCUT2D eigenvalue weighted by Crippen LogP contribution is 2.11. The first-order valence-electron chi connectivity index (χ1n) is 5.05. The Kier molecular flexibility index (Phi) is 3.53. The van der Waals surface area contributed by atoms with E-state index in [1.807, 2.05) is 0 Å². The van der Waals surface area contributed by atoms with Gasteiger partial charge < -0.3 is 10.2 Å². The lowest BCUT2D eigenvalue weighted by molar-refractivity contribution is 0.235. The van der Waals surface area contributed by atoms with Gasteiger partial charge in [-0.25, -0.2) is 0 Å². The van der Waals surface area contributed by atoms with Crippen LogP contribution in [0.3, 0.4) is 0 Å². The van der Waals surface area contributed by atoms with Crippen LogP contribution in [0.4, 0.5) is 0 Å². The van der Waals surface area contributed by atoms with Gasteiger partial charge in [0.25, 0.3) is 0 Å². The maximum atomic E-state index is 3.60. The van der Waals surface area contributed by atoms with Crippen LogP contribution in [-0.2, 0) is 0 Å².